The quantitative estimate of drug-likeness (QED) is 0.604. The molecule has 0 amide bonds. The number of aromatic nitrogens is 1. The lowest BCUT2D eigenvalue weighted by atomic mass is 10.1. The van der Waals surface area contributed by atoms with Gasteiger partial charge in [0, 0.05) is 12.3 Å². The summed E-state index contributed by atoms with van der Waals surface area (Å²) >= 11 is 1.37. The molecule has 0 N–H and O–H groups in total. The first-order valence-corrected chi connectivity index (χ1v) is 5.45. The second-order valence-electron chi connectivity index (χ2n) is 3.06. The van der Waals surface area contributed by atoms with Gasteiger partial charge in [-0.05, 0) is 12.1 Å². The Morgan fingerprint density at radius 3 is 2.69 bits per heavy atom. The summed E-state index contributed by atoms with van der Waals surface area (Å²) in [6, 6.07) is 8.82. The van der Waals surface area contributed by atoms with Gasteiger partial charge in [-0.3, -0.25) is 15.1 Å². The topological polar surface area (TPSA) is 56.0 Å². The zero-order valence-corrected chi connectivity index (χ0v) is 9.05. The molecule has 1 aromatic carbocycles. The summed E-state index contributed by atoms with van der Waals surface area (Å²) < 4.78 is 0. The number of rotatable bonds is 3. The average molecular weight is 232 g/mol. The van der Waals surface area contributed by atoms with E-state index in [4.69, 9.17) is 0 Å². The van der Waals surface area contributed by atoms with Gasteiger partial charge in [0.1, 0.15) is 0 Å². The second-order valence-corrected chi connectivity index (χ2v) is 3.97. The van der Waals surface area contributed by atoms with Gasteiger partial charge < -0.3 is 0 Å². The van der Waals surface area contributed by atoms with Gasteiger partial charge in [0.15, 0.2) is 0 Å². The van der Waals surface area contributed by atoms with Crippen LogP contribution in [-0.2, 0) is 0 Å². The Hall–Kier alpha value is -2.01. The molecule has 1 aromatic heterocycles. The molecule has 0 saturated carbocycles. The van der Waals surface area contributed by atoms with Crippen LogP contribution in [-0.4, -0.2) is 9.91 Å². The zero-order valence-electron chi connectivity index (χ0n) is 8.24. The Labute approximate surface area is 96.0 Å². The largest absolute Gasteiger partial charge is 0.278 e. The minimum absolute atomic E-state index is 0.0878. The summed E-state index contributed by atoms with van der Waals surface area (Å²) in [5.74, 6) is 0. The first kappa shape index (κ1) is 10.5. The van der Waals surface area contributed by atoms with Crippen molar-refractivity contribution in [2.24, 2.45) is 0 Å². The van der Waals surface area contributed by atoms with E-state index < -0.39 is 0 Å². The normalized spacial score (nSPS) is 11.4. The van der Waals surface area contributed by atoms with E-state index in [1.165, 1.54) is 17.4 Å². The van der Waals surface area contributed by atoms with Crippen LogP contribution in [0.5, 0.6) is 0 Å². The average Bonchev–Trinajstić information content (AvgIpc) is 2.79. The van der Waals surface area contributed by atoms with Crippen molar-refractivity contribution in [1.29, 1.82) is 0 Å². The van der Waals surface area contributed by atoms with E-state index in [0.29, 0.717) is 5.56 Å². The summed E-state index contributed by atoms with van der Waals surface area (Å²) in [4.78, 5) is 15.2. The lowest BCUT2D eigenvalue weighted by molar-refractivity contribution is -0.374. The molecule has 2 aromatic rings. The Kier molecular flexibility index (Phi) is 3.07. The van der Waals surface area contributed by atoms with Crippen LogP contribution in [0.3, 0.4) is 0 Å². The van der Waals surface area contributed by atoms with Crippen LogP contribution in [0.25, 0.3) is 11.8 Å². The highest BCUT2D eigenvalue weighted by Crippen LogP contribution is 2.20. The maximum Gasteiger partial charge on any atom is 0.278 e. The number of hydrogen-bond acceptors (Lipinski definition) is 4. The van der Waals surface area contributed by atoms with Crippen molar-refractivity contribution in [2.45, 2.75) is 0 Å². The van der Waals surface area contributed by atoms with Crippen molar-refractivity contribution in [3.8, 4) is 0 Å². The number of hydrogen-bond donors (Lipinski definition) is 0. The van der Waals surface area contributed by atoms with Crippen molar-refractivity contribution >= 4 is 23.1 Å². The molecule has 0 aliphatic carbocycles. The second kappa shape index (κ2) is 4.67. The van der Waals surface area contributed by atoms with Crippen LogP contribution < -0.4 is 0 Å². The minimum Gasteiger partial charge on any atom is -0.258 e. The van der Waals surface area contributed by atoms with Gasteiger partial charge in [-0.25, -0.2) is 0 Å². The fourth-order valence-electron chi connectivity index (χ4n) is 1.28. The summed E-state index contributed by atoms with van der Waals surface area (Å²) in [7, 11) is 0. The molecule has 1 heterocycles. The van der Waals surface area contributed by atoms with E-state index in [-0.39, 0.29) is 10.6 Å². The maximum absolute atomic E-state index is 10.9. The lowest BCUT2D eigenvalue weighted by Crippen LogP contribution is -1.96. The van der Waals surface area contributed by atoms with E-state index in [1.54, 1.807) is 36.0 Å². The third-order valence-corrected chi connectivity index (χ3v) is 2.72. The van der Waals surface area contributed by atoms with E-state index in [9.17, 15) is 10.1 Å². The monoisotopic (exact) mass is 232 g/mol. The molecular formula is C11H8N2O2S. The van der Waals surface area contributed by atoms with Gasteiger partial charge in [-0.15, -0.1) is 11.3 Å². The zero-order chi connectivity index (χ0) is 11.4. The van der Waals surface area contributed by atoms with Gasteiger partial charge >= 0.3 is 0 Å². The predicted molar refractivity (Wildman–Crippen MR) is 63.4 cm³/mol. The van der Waals surface area contributed by atoms with Crippen molar-refractivity contribution in [1.82, 2.24) is 4.98 Å². The van der Waals surface area contributed by atoms with E-state index in [1.807, 2.05) is 6.07 Å². The van der Waals surface area contributed by atoms with E-state index in [2.05, 4.69) is 4.98 Å². The molecular weight excluding hydrogens is 224 g/mol. The van der Waals surface area contributed by atoms with Crippen LogP contribution in [0.2, 0.25) is 0 Å². The molecule has 16 heavy (non-hydrogen) atoms. The molecule has 4 nitrogen and oxygen atoms in total. The molecule has 0 radical (unpaired) electrons. The van der Waals surface area contributed by atoms with Crippen LogP contribution in [0, 0.1) is 10.1 Å². The van der Waals surface area contributed by atoms with Crippen molar-refractivity contribution in [2.75, 3.05) is 0 Å². The highest BCUT2D eigenvalue weighted by molar-refractivity contribution is 7.10. The van der Waals surface area contributed by atoms with Crippen LogP contribution in [0.4, 0.5) is 0 Å². The minimum atomic E-state index is -0.380. The number of thiazole rings is 1. The molecule has 80 valence electrons. The van der Waals surface area contributed by atoms with Crippen molar-refractivity contribution in [3.63, 3.8) is 0 Å². The van der Waals surface area contributed by atoms with Gasteiger partial charge in [-0.2, -0.15) is 0 Å². The third kappa shape index (κ3) is 2.32. The lowest BCUT2D eigenvalue weighted by Gasteiger charge is -1.97. The maximum atomic E-state index is 10.9. The van der Waals surface area contributed by atoms with E-state index in [0.717, 1.165) is 4.88 Å². The highest BCUT2D eigenvalue weighted by atomic mass is 32.1. The van der Waals surface area contributed by atoms with Gasteiger partial charge in [0.05, 0.1) is 20.9 Å². The first-order chi connectivity index (χ1) is 7.77. The van der Waals surface area contributed by atoms with Gasteiger partial charge in [-0.1, -0.05) is 18.2 Å². The molecule has 0 saturated heterocycles. The Morgan fingerprint density at radius 2 is 2.12 bits per heavy atom. The predicted octanol–water partition coefficient (Wildman–Crippen LogP) is 2.92. The number of benzene rings is 1. The molecule has 0 atom stereocenters. The van der Waals surface area contributed by atoms with Crippen molar-refractivity contribution < 1.29 is 4.92 Å². The molecule has 0 unspecified atom stereocenters. The summed E-state index contributed by atoms with van der Waals surface area (Å²) in [6.45, 7) is 0. The number of nitro groups is 1. The summed E-state index contributed by atoms with van der Waals surface area (Å²) in [5.41, 5.74) is 2.33. The van der Waals surface area contributed by atoms with Crippen LogP contribution in [0.15, 0.2) is 42.0 Å². The van der Waals surface area contributed by atoms with Crippen LogP contribution in [0.1, 0.15) is 10.4 Å². The molecule has 5 heteroatoms. The Morgan fingerprint density at radius 1 is 1.38 bits per heavy atom. The smallest absolute Gasteiger partial charge is 0.258 e. The summed E-state index contributed by atoms with van der Waals surface area (Å²) in [5, 5.41) is 10.9. The molecule has 2 rings (SSSR count). The first-order valence-electron chi connectivity index (χ1n) is 4.57. The molecule has 0 aliphatic rings. The number of nitrogens with zero attached hydrogens (tertiary/aromatic N) is 2. The SMILES string of the molecule is O=[N+]([O-])/C(=C/c1cncs1)c1ccccc1. The molecule has 0 spiro atoms. The van der Waals surface area contributed by atoms with Crippen molar-refractivity contribution in [3.05, 3.63) is 62.6 Å². The molecule has 0 fully saturated rings. The molecule has 0 bridgehead atoms. The standard InChI is InChI=1S/C11H8N2O2S/c14-13(15)11(6-10-7-12-8-16-10)9-4-2-1-3-5-9/h1-8H/b11-6+. The van der Waals surface area contributed by atoms with Gasteiger partial charge in [0.25, 0.3) is 5.70 Å². The Bertz CT molecular complexity index is 506. The fraction of sp³-hybridized carbons (Fsp3) is 0. The van der Waals surface area contributed by atoms with Gasteiger partial charge in [0.2, 0.25) is 0 Å². The Balaban J connectivity index is 2.43. The third-order valence-electron chi connectivity index (χ3n) is 2.00. The van der Waals surface area contributed by atoms with Crippen LogP contribution >= 0.6 is 11.3 Å². The highest BCUT2D eigenvalue weighted by Gasteiger charge is 2.13. The fourth-order valence-corrected chi connectivity index (χ4v) is 1.83. The molecule has 0 aliphatic heterocycles. The van der Waals surface area contributed by atoms with E-state index >= 15 is 0 Å². The summed E-state index contributed by atoms with van der Waals surface area (Å²) in [6.07, 6.45) is 3.14.